The third-order valence-corrected chi connectivity index (χ3v) is 10.7. The number of nitrogens with zero attached hydrogens (tertiary/aromatic N) is 4. The molecule has 0 saturated carbocycles. The molecule has 55 heavy (non-hydrogen) atoms. The summed E-state index contributed by atoms with van der Waals surface area (Å²) in [5.41, 5.74) is -11.3. The van der Waals surface area contributed by atoms with E-state index < -0.39 is 140 Å². The molecule has 4 N–H and O–H groups in total. The monoisotopic (exact) mass is 790 g/mol. The molecule has 0 fully saturated rings. The minimum atomic E-state index is -5.21. The van der Waals surface area contributed by atoms with E-state index >= 15 is 0 Å². The van der Waals surface area contributed by atoms with Crippen LogP contribution in [0.3, 0.4) is 0 Å². The first-order chi connectivity index (χ1) is 25.7. The molecule has 0 spiro atoms. The Morgan fingerprint density at radius 3 is 0.909 bits per heavy atom. The van der Waals surface area contributed by atoms with Crippen molar-refractivity contribution in [2.24, 2.45) is 0 Å². The number of rotatable bonds is 6. The molecule has 4 heterocycles. The average Bonchev–Trinajstić information content (AvgIpc) is 3.69. The summed E-state index contributed by atoms with van der Waals surface area (Å²) < 4.78 is 75.3. The second kappa shape index (κ2) is 11.1. The zero-order valence-electron chi connectivity index (χ0n) is 26.5. The molecule has 8 aromatic rings. The van der Waals surface area contributed by atoms with Crippen LogP contribution in [0.4, 0.5) is 0 Å². The predicted octanol–water partition coefficient (Wildman–Crippen LogP) is -1.12. The SMILES string of the molecule is O=c1c2cc3c(=O)n(-c4cc(Oc5ccc(S(=O)(=O)O)c(-n6c(=O)c7cc8c(=O)n(O)c(=O)c8cc7c6=O)c5)ccc4S(=O)(=O)O)c(=O)c3cc2c(=O)n1O. The topological polar surface area (TPSA) is 315 Å². The molecule has 4 aromatic heterocycles. The second-order valence-electron chi connectivity index (χ2n) is 11.9. The molecule has 0 radical (unpaired) electrons. The van der Waals surface area contributed by atoms with Crippen molar-refractivity contribution in [3.8, 4) is 22.9 Å². The van der Waals surface area contributed by atoms with Gasteiger partial charge in [0.25, 0.3) is 64.7 Å². The summed E-state index contributed by atoms with van der Waals surface area (Å²) in [6, 6.07) is 8.21. The van der Waals surface area contributed by atoms with E-state index in [1.165, 1.54) is 0 Å². The Balaban J connectivity index is 1.31. The van der Waals surface area contributed by atoms with Crippen molar-refractivity contribution in [3.63, 3.8) is 0 Å². The minimum Gasteiger partial charge on any atom is -0.457 e. The van der Waals surface area contributed by atoms with Crippen molar-refractivity contribution in [1.82, 2.24) is 18.6 Å². The molecule has 0 amide bonds. The molecule has 4 aromatic carbocycles. The van der Waals surface area contributed by atoms with Crippen LogP contribution >= 0.6 is 0 Å². The van der Waals surface area contributed by atoms with Gasteiger partial charge in [-0.25, -0.2) is 9.13 Å². The lowest BCUT2D eigenvalue weighted by atomic mass is 10.1. The van der Waals surface area contributed by atoms with Gasteiger partial charge in [-0.2, -0.15) is 16.8 Å². The Labute approximate surface area is 298 Å². The molecule has 276 valence electrons. The van der Waals surface area contributed by atoms with Crippen LogP contribution in [0.2, 0.25) is 0 Å². The smallest absolute Gasteiger partial charge is 0.296 e. The summed E-state index contributed by atoms with van der Waals surface area (Å²) in [6.07, 6.45) is 0. The van der Waals surface area contributed by atoms with Crippen LogP contribution < -0.4 is 49.2 Å². The number of benzene rings is 4. The van der Waals surface area contributed by atoms with Gasteiger partial charge < -0.3 is 15.2 Å². The number of fused-ring (bicyclic) bond motifs is 4. The van der Waals surface area contributed by atoms with Crippen LogP contribution in [0, 0.1) is 0 Å². The van der Waals surface area contributed by atoms with Gasteiger partial charge in [0, 0.05) is 12.1 Å². The summed E-state index contributed by atoms with van der Waals surface area (Å²) in [6.45, 7) is 0. The third kappa shape index (κ3) is 4.84. The molecule has 0 atom stereocenters. The molecule has 0 aliphatic rings. The van der Waals surface area contributed by atoms with E-state index in [1.807, 2.05) is 0 Å². The predicted molar refractivity (Wildman–Crippen MR) is 187 cm³/mol. The normalized spacial score (nSPS) is 12.5. The second-order valence-corrected chi connectivity index (χ2v) is 14.7. The molecule has 8 rings (SSSR count). The standard InChI is InChI=1S/C32H14N4O17S2/c37-25-13-7-17-18(30(42)35(45)29(17)41)8-14(13)26(38)33(25)21-5-11(1-3-23(21)54(47,48)49)53-12-2-4-24(55(50,51)52)22(6-12)34-27(39)15-9-19-20(10-16(15)28(34)40)32(44)36(46)31(19)43/h1-10,45-46H,(H,47,48,49)(H,50,51,52). The van der Waals surface area contributed by atoms with Crippen LogP contribution in [-0.2, 0) is 20.2 Å². The fourth-order valence-electron chi connectivity index (χ4n) is 6.40. The Morgan fingerprint density at radius 2 is 0.655 bits per heavy atom. The quantitative estimate of drug-likeness (QED) is 0.114. The Kier molecular flexibility index (Phi) is 7.00. The van der Waals surface area contributed by atoms with Crippen molar-refractivity contribution in [2.45, 2.75) is 9.79 Å². The van der Waals surface area contributed by atoms with Crippen LogP contribution in [0.25, 0.3) is 54.5 Å². The number of hydrogen-bond acceptors (Lipinski definition) is 15. The zero-order valence-corrected chi connectivity index (χ0v) is 28.1. The summed E-state index contributed by atoms with van der Waals surface area (Å²) in [7, 11) is -10.4. The number of aromatic nitrogens is 4. The molecule has 0 bridgehead atoms. The highest BCUT2D eigenvalue weighted by Crippen LogP contribution is 2.32. The van der Waals surface area contributed by atoms with Crippen molar-refractivity contribution < 1.29 is 41.1 Å². The largest absolute Gasteiger partial charge is 0.457 e. The van der Waals surface area contributed by atoms with Gasteiger partial charge in [0.1, 0.15) is 21.3 Å². The highest BCUT2D eigenvalue weighted by molar-refractivity contribution is 7.86. The molecule has 21 nitrogen and oxygen atoms in total. The van der Waals surface area contributed by atoms with Crippen LogP contribution in [0.15, 0.2) is 109 Å². The van der Waals surface area contributed by atoms with Gasteiger partial charge in [-0.3, -0.25) is 47.5 Å². The maximum absolute atomic E-state index is 13.5. The van der Waals surface area contributed by atoms with Crippen molar-refractivity contribution in [3.05, 3.63) is 143 Å². The first-order valence-corrected chi connectivity index (χ1v) is 17.8. The first-order valence-electron chi connectivity index (χ1n) is 14.9. The summed E-state index contributed by atoms with van der Waals surface area (Å²) in [5, 5.41) is 15.7. The lowest BCUT2D eigenvalue weighted by Crippen LogP contribution is -2.25. The zero-order chi connectivity index (χ0) is 39.8. The maximum atomic E-state index is 13.5. The molecule has 23 heteroatoms. The molecule has 0 aliphatic carbocycles. The van der Waals surface area contributed by atoms with E-state index in [2.05, 4.69) is 0 Å². The molecular weight excluding hydrogens is 776 g/mol. The summed E-state index contributed by atoms with van der Waals surface area (Å²) in [4.78, 5) is 101. The number of ether oxygens (including phenoxy) is 1. The van der Waals surface area contributed by atoms with E-state index in [0.29, 0.717) is 12.1 Å². The molecule has 0 aliphatic heterocycles. The Bertz CT molecular complexity index is 3380. The summed E-state index contributed by atoms with van der Waals surface area (Å²) in [5.74, 6) is -0.838. The minimum absolute atomic E-state index is 0.230. The van der Waals surface area contributed by atoms with Crippen molar-refractivity contribution >= 4 is 63.3 Å². The van der Waals surface area contributed by atoms with Gasteiger partial charge in [0.05, 0.1) is 54.5 Å². The fourth-order valence-corrected chi connectivity index (χ4v) is 7.71. The van der Waals surface area contributed by atoms with Gasteiger partial charge in [-0.05, 0) is 48.5 Å². The fraction of sp³-hybridized carbons (Fsp3) is 0. The maximum Gasteiger partial charge on any atom is 0.296 e. The van der Waals surface area contributed by atoms with Crippen LogP contribution in [0.1, 0.15) is 0 Å². The van der Waals surface area contributed by atoms with Gasteiger partial charge in [0.2, 0.25) is 0 Å². The van der Waals surface area contributed by atoms with Crippen molar-refractivity contribution in [2.75, 3.05) is 0 Å². The molecular formula is C32H14N4O17S2. The third-order valence-electron chi connectivity index (χ3n) is 8.87. The number of hydrogen-bond donors (Lipinski definition) is 4. The van der Waals surface area contributed by atoms with Gasteiger partial charge >= 0.3 is 0 Å². The molecule has 0 saturated heterocycles. The van der Waals surface area contributed by atoms with E-state index in [9.17, 15) is 74.7 Å². The Hall–Kier alpha value is -7.34. The average molecular weight is 791 g/mol. The lowest BCUT2D eigenvalue weighted by molar-refractivity contribution is 0.170. The van der Waals surface area contributed by atoms with E-state index in [4.69, 9.17) is 4.74 Å². The van der Waals surface area contributed by atoms with Crippen LogP contribution in [-0.4, -0.2) is 55.0 Å². The summed E-state index contributed by atoms with van der Waals surface area (Å²) >= 11 is 0. The highest BCUT2D eigenvalue weighted by atomic mass is 32.2. The highest BCUT2D eigenvalue weighted by Gasteiger charge is 2.27. The van der Waals surface area contributed by atoms with E-state index in [-0.39, 0.29) is 18.6 Å². The van der Waals surface area contributed by atoms with E-state index in [0.717, 1.165) is 48.5 Å². The first kappa shape index (κ1) is 34.7. The van der Waals surface area contributed by atoms with Gasteiger partial charge in [-0.1, -0.05) is 0 Å². The van der Waals surface area contributed by atoms with Crippen LogP contribution in [0.5, 0.6) is 11.5 Å². The lowest BCUT2D eigenvalue weighted by Gasteiger charge is -2.13. The molecule has 0 unspecified atom stereocenters. The van der Waals surface area contributed by atoms with E-state index in [1.54, 1.807) is 0 Å². The van der Waals surface area contributed by atoms with Gasteiger partial charge in [0.15, 0.2) is 0 Å². The Morgan fingerprint density at radius 1 is 0.400 bits per heavy atom. The van der Waals surface area contributed by atoms with Gasteiger partial charge in [-0.15, -0.1) is 9.46 Å². The van der Waals surface area contributed by atoms with Crippen molar-refractivity contribution in [1.29, 1.82) is 0 Å².